The van der Waals surface area contributed by atoms with Crippen LogP contribution in [0.15, 0.2) is 60.7 Å². The molecule has 3 aromatic rings. The molecule has 0 unspecified atom stereocenters. The lowest BCUT2D eigenvalue weighted by Gasteiger charge is -2.17. The SMILES string of the molecule is CCCCOc1cc(COc2cccc([C@@H](CCC)CC(=O)O)c2)ccc1-c1cc(OC)ccc1F. The molecule has 3 aromatic carbocycles. The van der Waals surface area contributed by atoms with Gasteiger partial charge in [0.2, 0.25) is 0 Å². The van der Waals surface area contributed by atoms with Crippen molar-refractivity contribution in [3.63, 3.8) is 0 Å². The Hall–Kier alpha value is -3.54. The van der Waals surface area contributed by atoms with E-state index in [2.05, 4.69) is 13.8 Å². The van der Waals surface area contributed by atoms with Gasteiger partial charge >= 0.3 is 5.97 Å². The van der Waals surface area contributed by atoms with Gasteiger partial charge in [-0.1, -0.05) is 51.0 Å². The summed E-state index contributed by atoms with van der Waals surface area (Å²) in [5, 5.41) is 9.27. The molecule has 1 N–H and O–H groups in total. The zero-order valence-electron chi connectivity index (χ0n) is 21.3. The minimum absolute atomic E-state index is 0.0494. The van der Waals surface area contributed by atoms with E-state index in [-0.39, 0.29) is 18.2 Å². The summed E-state index contributed by atoms with van der Waals surface area (Å²) in [7, 11) is 1.55. The summed E-state index contributed by atoms with van der Waals surface area (Å²) >= 11 is 0. The fourth-order valence-corrected chi connectivity index (χ4v) is 4.13. The molecule has 5 nitrogen and oxygen atoms in total. The van der Waals surface area contributed by atoms with Crippen LogP contribution in [0, 0.1) is 5.82 Å². The van der Waals surface area contributed by atoms with Crippen LogP contribution in [0.1, 0.15) is 63.0 Å². The fraction of sp³-hybridized carbons (Fsp3) is 0.367. The van der Waals surface area contributed by atoms with E-state index in [1.807, 2.05) is 42.5 Å². The Kier molecular flexibility index (Phi) is 10.2. The van der Waals surface area contributed by atoms with E-state index in [1.165, 1.54) is 6.07 Å². The highest BCUT2D eigenvalue weighted by Crippen LogP contribution is 2.35. The third-order valence-electron chi connectivity index (χ3n) is 6.06. The Balaban J connectivity index is 1.82. The second-order valence-corrected chi connectivity index (χ2v) is 8.82. The largest absolute Gasteiger partial charge is 0.497 e. The van der Waals surface area contributed by atoms with Crippen LogP contribution in [0.5, 0.6) is 17.2 Å². The molecule has 0 aliphatic rings. The number of carbonyl (C=O) groups is 1. The molecule has 0 aliphatic carbocycles. The van der Waals surface area contributed by atoms with Crippen LogP contribution in [0.25, 0.3) is 11.1 Å². The van der Waals surface area contributed by atoms with Crippen LogP contribution in [0.2, 0.25) is 0 Å². The first-order valence-corrected chi connectivity index (χ1v) is 12.5. The monoisotopic (exact) mass is 494 g/mol. The Bertz CT molecular complexity index is 1140. The summed E-state index contributed by atoms with van der Waals surface area (Å²) in [6.07, 6.45) is 3.68. The van der Waals surface area contributed by atoms with Crippen molar-refractivity contribution in [2.24, 2.45) is 0 Å². The summed E-state index contributed by atoms with van der Waals surface area (Å²) in [4.78, 5) is 11.3. The molecular weight excluding hydrogens is 459 g/mol. The summed E-state index contributed by atoms with van der Waals surface area (Å²) in [5.41, 5.74) is 2.92. The van der Waals surface area contributed by atoms with Crippen molar-refractivity contribution in [1.29, 1.82) is 0 Å². The smallest absolute Gasteiger partial charge is 0.303 e. The molecule has 0 saturated heterocycles. The molecule has 0 fully saturated rings. The second-order valence-electron chi connectivity index (χ2n) is 8.82. The standard InChI is InChI=1S/C30H35FO5/c1-4-6-15-35-29-16-21(11-13-26(29)27-19-24(34-3)12-14-28(27)31)20-36-25-10-7-9-23(17-25)22(8-5-2)18-30(32)33/h7,9-14,16-17,19,22H,4-6,8,15,18,20H2,1-3H3,(H,32,33)/t22-/m0/s1. The Morgan fingerprint density at radius 1 is 0.944 bits per heavy atom. The number of methoxy groups -OCH3 is 1. The number of carboxylic acid groups (broad SMARTS) is 1. The summed E-state index contributed by atoms with van der Waals surface area (Å²) in [6, 6.07) is 17.9. The Morgan fingerprint density at radius 2 is 1.78 bits per heavy atom. The summed E-state index contributed by atoms with van der Waals surface area (Å²) in [5.74, 6) is 0.641. The predicted molar refractivity (Wildman–Crippen MR) is 139 cm³/mol. The second kappa shape index (κ2) is 13.5. The lowest BCUT2D eigenvalue weighted by molar-refractivity contribution is -0.137. The molecule has 0 heterocycles. The van der Waals surface area contributed by atoms with E-state index in [0.717, 1.165) is 36.8 Å². The zero-order valence-corrected chi connectivity index (χ0v) is 21.3. The molecule has 0 spiro atoms. The number of hydrogen-bond acceptors (Lipinski definition) is 4. The van der Waals surface area contributed by atoms with E-state index >= 15 is 0 Å². The van der Waals surface area contributed by atoms with Crippen molar-refractivity contribution < 1.29 is 28.5 Å². The van der Waals surface area contributed by atoms with Crippen molar-refractivity contribution >= 4 is 5.97 Å². The molecule has 0 amide bonds. The van der Waals surface area contributed by atoms with Crippen molar-refractivity contribution in [3.8, 4) is 28.4 Å². The molecule has 0 saturated carbocycles. The molecule has 1 atom stereocenters. The minimum Gasteiger partial charge on any atom is -0.497 e. The fourth-order valence-electron chi connectivity index (χ4n) is 4.13. The molecule has 0 radical (unpaired) electrons. The first kappa shape index (κ1) is 27.1. The molecule has 0 aliphatic heterocycles. The summed E-state index contributed by atoms with van der Waals surface area (Å²) < 4.78 is 32.1. The van der Waals surface area contributed by atoms with Crippen LogP contribution in [-0.4, -0.2) is 24.8 Å². The maximum absolute atomic E-state index is 14.7. The average Bonchev–Trinajstić information content (AvgIpc) is 2.88. The van der Waals surface area contributed by atoms with Crippen LogP contribution < -0.4 is 14.2 Å². The number of benzene rings is 3. The maximum atomic E-state index is 14.7. The Labute approximate surface area is 212 Å². The zero-order chi connectivity index (χ0) is 25.9. The van der Waals surface area contributed by atoms with Gasteiger partial charge in [0.1, 0.15) is 29.7 Å². The van der Waals surface area contributed by atoms with Crippen LogP contribution in [-0.2, 0) is 11.4 Å². The van der Waals surface area contributed by atoms with E-state index in [9.17, 15) is 14.3 Å². The van der Waals surface area contributed by atoms with Crippen molar-refractivity contribution in [2.75, 3.05) is 13.7 Å². The average molecular weight is 495 g/mol. The third-order valence-corrected chi connectivity index (χ3v) is 6.06. The molecule has 192 valence electrons. The number of halogens is 1. The third kappa shape index (κ3) is 7.48. The maximum Gasteiger partial charge on any atom is 0.303 e. The number of carboxylic acids is 1. The topological polar surface area (TPSA) is 65.0 Å². The van der Waals surface area contributed by atoms with E-state index in [4.69, 9.17) is 14.2 Å². The minimum atomic E-state index is -0.803. The highest BCUT2D eigenvalue weighted by atomic mass is 19.1. The van der Waals surface area contributed by atoms with E-state index < -0.39 is 5.97 Å². The highest BCUT2D eigenvalue weighted by molar-refractivity contribution is 5.72. The normalized spacial score (nSPS) is 11.7. The number of ether oxygens (including phenoxy) is 3. The molecular formula is C30H35FO5. The molecule has 0 aromatic heterocycles. The van der Waals surface area contributed by atoms with Gasteiger partial charge in [0.25, 0.3) is 0 Å². The number of hydrogen-bond donors (Lipinski definition) is 1. The van der Waals surface area contributed by atoms with Crippen LogP contribution in [0.3, 0.4) is 0 Å². The van der Waals surface area contributed by atoms with Gasteiger partial charge in [-0.15, -0.1) is 0 Å². The van der Waals surface area contributed by atoms with Gasteiger partial charge in [0.15, 0.2) is 0 Å². The van der Waals surface area contributed by atoms with Gasteiger partial charge in [0.05, 0.1) is 20.1 Å². The van der Waals surface area contributed by atoms with Crippen LogP contribution >= 0.6 is 0 Å². The highest BCUT2D eigenvalue weighted by Gasteiger charge is 2.16. The number of unbranched alkanes of at least 4 members (excludes halogenated alkanes) is 1. The molecule has 0 bridgehead atoms. The van der Waals surface area contributed by atoms with Gasteiger partial charge in [-0.2, -0.15) is 0 Å². The number of aliphatic carboxylic acids is 1. The van der Waals surface area contributed by atoms with Crippen molar-refractivity contribution in [3.05, 3.63) is 77.6 Å². The first-order valence-electron chi connectivity index (χ1n) is 12.5. The van der Waals surface area contributed by atoms with Gasteiger partial charge in [-0.25, -0.2) is 4.39 Å². The van der Waals surface area contributed by atoms with Gasteiger partial charge in [0, 0.05) is 11.1 Å². The summed E-state index contributed by atoms with van der Waals surface area (Å²) in [6.45, 7) is 4.97. The van der Waals surface area contributed by atoms with Crippen molar-refractivity contribution in [1.82, 2.24) is 0 Å². The van der Waals surface area contributed by atoms with Gasteiger partial charge in [-0.05, 0) is 66.3 Å². The van der Waals surface area contributed by atoms with Crippen molar-refractivity contribution in [2.45, 2.75) is 58.5 Å². The first-order chi connectivity index (χ1) is 17.4. The molecule has 3 rings (SSSR count). The number of rotatable bonds is 14. The molecule has 36 heavy (non-hydrogen) atoms. The van der Waals surface area contributed by atoms with Crippen LogP contribution in [0.4, 0.5) is 4.39 Å². The quantitative estimate of drug-likeness (QED) is 0.234. The lowest BCUT2D eigenvalue weighted by Crippen LogP contribution is -2.06. The Morgan fingerprint density at radius 3 is 2.50 bits per heavy atom. The van der Waals surface area contributed by atoms with Gasteiger partial charge < -0.3 is 19.3 Å². The molecule has 6 heteroatoms. The van der Waals surface area contributed by atoms with E-state index in [0.29, 0.717) is 41.6 Å². The lowest BCUT2D eigenvalue weighted by atomic mass is 9.91. The predicted octanol–water partition coefficient (Wildman–Crippen LogP) is 7.62. The van der Waals surface area contributed by atoms with E-state index in [1.54, 1.807) is 19.2 Å². The van der Waals surface area contributed by atoms with Gasteiger partial charge in [-0.3, -0.25) is 4.79 Å².